The molecule has 0 radical (unpaired) electrons. The summed E-state index contributed by atoms with van der Waals surface area (Å²) in [7, 11) is 0. The van der Waals surface area contributed by atoms with Gasteiger partial charge in [-0.1, -0.05) is 6.42 Å². The monoisotopic (exact) mass is 294 g/mol. The van der Waals surface area contributed by atoms with Crippen molar-refractivity contribution in [3.8, 4) is 5.75 Å². The van der Waals surface area contributed by atoms with Gasteiger partial charge in [0.05, 0.1) is 12.4 Å². The van der Waals surface area contributed by atoms with Crippen LogP contribution in [0.5, 0.6) is 5.75 Å². The number of ether oxygens (including phenoxy) is 2. The first-order valence-electron chi connectivity index (χ1n) is 7.33. The second-order valence-corrected chi connectivity index (χ2v) is 5.99. The van der Waals surface area contributed by atoms with E-state index in [2.05, 4.69) is 0 Å². The second kappa shape index (κ2) is 8.20. The lowest BCUT2D eigenvalue weighted by Crippen LogP contribution is -2.21. The van der Waals surface area contributed by atoms with Crippen molar-refractivity contribution in [1.82, 2.24) is 0 Å². The highest BCUT2D eigenvalue weighted by Gasteiger charge is 2.17. The van der Waals surface area contributed by atoms with Crippen LogP contribution in [0.1, 0.15) is 39.0 Å². The first-order valence-corrected chi connectivity index (χ1v) is 8.31. The molecule has 1 aromatic carbocycles. The van der Waals surface area contributed by atoms with Crippen molar-refractivity contribution in [3.63, 3.8) is 0 Å². The summed E-state index contributed by atoms with van der Waals surface area (Å²) >= 11 is 1.51. The van der Waals surface area contributed by atoms with E-state index in [9.17, 15) is 4.79 Å². The van der Waals surface area contributed by atoms with Crippen LogP contribution >= 0.6 is 11.8 Å². The molecule has 1 aromatic rings. The molecule has 3 nitrogen and oxygen atoms in total. The molecule has 0 bridgehead atoms. The van der Waals surface area contributed by atoms with Gasteiger partial charge in [0.15, 0.2) is 0 Å². The van der Waals surface area contributed by atoms with Gasteiger partial charge >= 0.3 is 5.97 Å². The molecule has 0 aliphatic heterocycles. The van der Waals surface area contributed by atoms with E-state index in [-0.39, 0.29) is 12.1 Å². The molecular weight excluding hydrogens is 272 g/mol. The fourth-order valence-electron chi connectivity index (χ4n) is 2.34. The molecule has 110 valence electrons. The summed E-state index contributed by atoms with van der Waals surface area (Å²) in [5.41, 5.74) is 0. The van der Waals surface area contributed by atoms with E-state index >= 15 is 0 Å². The number of hydrogen-bond acceptors (Lipinski definition) is 4. The number of thioether (sulfide) groups is 1. The minimum absolute atomic E-state index is 0.101. The third-order valence-corrected chi connectivity index (χ3v) is 4.33. The number of rotatable bonds is 6. The lowest BCUT2D eigenvalue weighted by Gasteiger charge is -2.21. The average molecular weight is 294 g/mol. The maximum Gasteiger partial charge on any atom is 0.316 e. The summed E-state index contributed by atoms with van der Waals surface area (Å²) in [5, 5.41) is 0. The van der Waals surface area contributed by atoms with Gasteiger partial charge in [-0.25, -0.2) is 0 Å². The second-order valence-electron chi connectivity index (χ2n) is 4.94. The Morgan fingerprint density at radius 1 is 1.20 bits per heavy atom. The summed E-state index contributed by atoms with van der Waals surface area (Å²) in [6, 6.07) is 7.81. The number of carbonyl (C=O) groups excluding carboxylic acids is 1. The molecule has 0 saturated heterocycles. The Balaban J connectivity index is 1.72. The lowest BCUT2D eigenvalue weighted by atomic mass is 9.98. The summed E-state index contributed by atoms with van der Waals surface area (Å²) in [6.45, 7) is 2.63. The maximum atomic E-state index is 11.8. The Morgan fingerprint density at radius 3 is 2.55 bits per heavy atom. The SMILES string of the molecule is CCOc1ccc(SCC(=O)OC2CCCCC2)cc1. The zero-order valence-electron chi connectivity index (χ0n) is 12.0. The smallest absolute Gasteiger partial charge is 0.316 e. The molecule has 1 fully saturated rings. The lowest BCUT2D eigenvalue weighted by molar-refractivity contribution is -0.147. The quantitative estimate of drug-likeness (QED) is 0.585. The van der Waals surface area contributed by atoms with E-state index in [4.69, 9.17) is 9.47 Å². The van der Waals surface area contributed by atoms with Crippen molar-refractivity contribution in [3.05, 3.63) is 24.3 Å². The minimum Gasteiger partial charge on any atom is -0.494 e. The fourth-order valence-corrected chi connectivity index (χ4v) is 3.03. The Hall–Kier alpha value is -1.16. The summed E-state index contributed by atoms with van der Waals surface area (Å²) in [6.07, 6.45) is 5.85. The van der Waals surface area contributed by atoms with E-state index in [1.54, 1.807) is 0 Å². The molecule has 1 aliphatic carbocycles. The maximum absolute atomic E-state index is 11.8. The van der Waals surface area contributed by atoms with Gasteiger partial charge in [0.25, 0.3) is 0 Å². The van der Waals surface area contributed by atoms with E-state index in [1.165, 1.54) is 31.0 Å². The normalized spacial score (nSPS) is 15.8. The van der Waals surface area contributed by atoms with Crippen molar-refractivity contribution >= 4 is 17.7 Å². The highest BCUT2D eigenvalue weighted by Crippen LogP contribution is 2.24. The third kappa shape index (κ3) is 5.08. The van der Waals surface area contributed by atoms with Gasteiger partial charge in [-0.05, 0) is 56.9 Å². The van der Waals surface area contributed by atoms with Crippen molar-refractivity contribution in [2.45, 2.75) is 50.0 Å². The van der Waals surface area contributed by atoms with Crippen LogP contribution in [-0.2, 0) is 9.53 Å². The molecule has 20 heavy (non-hydrogen) atoms. The van der Waals surface area contributed by atoms with Crippen LogP contribution in [0.25, 0.3) is 0 Å². The van der Waals surface area contributed by atoms with Crippen LogP contribution in [0.2, 0.25) is 0 Å². The highest BCUT2D eigenvalue weighted by atomic mass is 32.2. The van der Waals surface area contributed by atoms with Crippen LogP contribution in [0.3, 0.4) is 0 Å². The number of carbonyl (C=O) groups is 1. The standard InChI is InChI=1S/C16H22O3S/c1-2-18-13-8-10-15(11-9-13)20-12-16(17)19-14-6-4-3-5-7-14/h8-11,14H,2-7,12H2,1H3. The van der Waals surface area contributed by atoms with Gasteiger partial charge < -0.3 is 9.47 Å². The van der Waals surface area contributed by atoms with Crippen molar-refractivity contribution in [2.75, 3.05) is 12.4 Å². The predicted molar refractivity (Wildman–Crippen MR) is 81.3 cm³/mol. The van der Waals surface area contributed by atoms with Gasteiger partial charge in [-0.15, -0.1) is 11.8 Å². The molecule has 4 heteroatoms. The Bertz CT molecular complexity index is 410. The largest absolute Gasteiger partial charge is 0.494 e. The molecule has 0 unspecified atom stereocenters. The van der Waals surface area contributed by atoms with Crippen LogP contribution in [0.4, 0.5) is 0 Å². The fraction of sp³-hybridized carbons (Fsp3) is 0.562. The van der Waals surface area contributed by atoms with E-state index in [0.717, 1.165) is 23.5 Å². The average Bonchev–Trinajstić information content (AvgIpc) is 2.48. The van der Waals surface area contributed by atoms with Gasteiger partial charge in [0.2, 0.25) is 0 Å². The number of esters is 1. The van der Waals surface area contributed by atoms with Crippen LogP contribution in [0.15, 0.2) is 29.2 Å². The molecule has 0 N–H and O–H groups in total. The minimum atomic E-state index is -0.101. The summed E-state index contributed by atoms with van der Waals surface area (Å²) in [5.74, 6) is 1.14. The first-order chi connectivity index (χ1) is 9.78. The topological polar surface area (TPSA) is 35.5 Å². The third-order valence-electron chi connectivity index (χ3n) is 3.34. The van der Waals surface area contributed by atoms with Gasteiger partial charge in [-0.3, -0.25) is 4.79 Å². The number of hydrogen-bond donors (Lipinski definition) is 0. The van der Waals surface area contributed by atoms with Crippen LogP contribution in [0, 0.1) is 0 Å². The molecule has 0 aromatic heterocycles. The Labute approximate surface area is 125 Å². The van der Waals surface area contributed by atoms with Gasteiger partial charge in [-0.2, -0.15) is 0 Å². The molecule has 0 amide bonds. The molecule has 0 spiro atoms. The van der Waals surface area contributed by atoms with E-state index in [1.807, 2.05) is 31.2 Å². The molecule has 2 rings (SSSR count). The molecule has 0 atom stereocenters. The van der Waals surface area contributed by atoms with Crippen molar-refractivity contribution in [2.24, 2.45) is 0 Å². The van der Waals surface area contributed by atoms with Gasteiger partial charge in [0, 0.05) is 4.90 Å². The summed E-state index contributed by atoms with van der Waals surface area (Å²) < 4.78 is 10.9. The predicted octanol–water partition coefficient (Wildman–Crippen LogP) is 4.05. The Kier molecular flexibility index (Phi) is 6.25. The van der Waals surface area contributed by atoms with Gasteiger partial charge in [0.1, 0.15) is 11.9 Å². The molecule has 0 heterocycles. The molecule has 1 saturated carbocycles. The van der Waals surface area contributed by atoms with Crippen LogP contribution < -0.4 is 4.74 Å². The van der Waals surface area contributed by atoms with E-state index < -0.39 is 0 Å². The molecule has 1 aliphatic rings. The first kappa shape index (κ1) is 15.2. The zero-order chi connectivity index (χ0) is 14.2. The Morgan fingerprint density at radius 2 is 1.90 bits per heavy atom. The highest BCUT2D eigenvalue weighted by molar-refractivity contribution is 8.00. The van der Waals surface area contributed by atoms with Crippen molar-refractivity contribution < 1.29 is 14.3 Å². The van der Waals surface area contributed by atoms with Crippen molar-refractivity contribution in [1.29, 1.82) is 0 Å². The van der Waals surface area contributed by atoms with Crippen LogP contribution in [-0.4, -0.2) is 24.4 Å². The zero-order valence-corrected chi connectivity index (χ0v) is 12.8. The number of benzene rings is 1. The van der Waals surface area contributed by atoms with E-state index in [0.29, 0.717) is 12.4 Å². The summed E-state index contributed by atoms with van der Waals surface area (Å²) in [4.78, 5) is 12.9. The molecular formula is C16H22O3S.